The molecule has 0 spiro atoms. The van der Waals surface area contributed by atoms with Crippen LogP contribution >= 0.6 is 11.6 Å². The normalized spacial score (nSPS) is 11.9. The van der Waals surface area contributed by atoms with Crippen LogP contribution in [0.2, 0.25) is 5.02 Å². The van der Waals surface area contributed by atoms with E-state index in [1.54, 1.807) is 0 Å². The average molecular weight is 426 g/mol. The maximum absolute atomic E-state index is 13.1. The minimum Gasteiger partial charge on any atom is -0.322 e. The maximum Gasteiger partial charge on any atom is 0.390 e. The van der Waals surface area contributed by atoms with Crippen LogP contribution < -0.4 is 10.0 Å². The van der Waals surface area contributed by atoms with Gasteiger partial charge in [-0.2, -0.15) is 13.2 Å². The predicted octanol–water partition coefficient (Wildman–Crippen LogP) is 3.82. The third-order valence-electron chi connectivity index (χ3n) is 3.11. The fraction of sp³-hybridized carbons (Fsp3) is 0.200. The van der Waals surface area contributed by atoms with Gasteiger partial charge in [0.15, 0.2) is 0 Å². The Morgan fingerprint density at radius 1 is 1.19 bits per heavy atom. The maximum atomic E-state index is 13.1. The number of pyridine rings is 1. The first kappa shape index (κ1) is 20.9. The molecule has 1 aromatic heterocycles. The molecule has 6 nitrogen and oxygen atoms in total. The van der Waals surface area contributed by atoms with Crippen molar-refractivity contribution in [2.24, 2.45) is 0 Å². The summed E-state index contributed by atoms with van der Waals surface area (Å²) in [5, 5.41) is 2.21. The number of sulfonamides is 1. The molecule has 0 saturated carbocycles. The van der Waals surface area contributed by atoms with Gasteiger partial charge in [0.25, 0.3) is 5.91 Å². The van der Waals surface area contributed by atoms with Crippen LogP contribution in [0.25, 0.3) is 0 Å². The van der Waals surface area contributed by atoms with Crippen LogP contribution in [0.1, 0.15) is 16.8 Å². The first-order valence-corrected chi connectivity index (χ1v) is 9.28. The second-order valence-electron chi connectivity index (χ2n) is 5.30. The first-order valence-electron chi connectivity index (χ1n) is 7.25. The van der Waals surface area contributed by atoms with Gasteiger partial charge < -0.3 is 5.32 Å². The molecule has 27 heavy (non-hydrogen) atoms. The highest BCUT2D eigenvalue weighted by Gasteiger charge is 2.30. The van der Waals surface area contributed by atoms with Crippen molar-refractivity contribution in [2.45, 2.75) is 12.6 Å². The number of rotatable bonds is 6. The molecule has 0 atom stereocenters. The summed E-state index contributed by atoms with van der Waals surface area (Å²) < 4.78 is 74.9. The van der Waals surface area contributed by atoms with Gasteiger partial charge in [-0.05, 0) is 30.3 Å². The van der Waals surface area contributed by atoms with Crippen LogP contribution in [0.4, 0.5) is 29.1 Å². The summed E-state index contributed by atoms with van der Waals surface area (Å²) >= 11 is 5.61. The Kier molecular flexibility index (Phi) is 6.26. The summed E-state index contributed by atoms with van der Waals surface area (Å²) in [7, 11) is -4.30. The molecule has 0 bridgehead atoms. The topological polar surface area (TPSA) is 88.2 Å². The minimum atomic E-state index is -4.62. The molecule has 1 aromatic carbocycles. The third-order valence-corrected chi connectivity index (χ3v) is 4.67. The lowest BCUT2D eigenvalue weighted by molar-refractivity contribution is -0.129. The average Bonchev–Trinajstić information content (AvgIpc) is 2.56. The van der Waals surface area contributed by atoms with Gasteiger partial charge in [-0.15, -0.1) is 0 Å². The van der Waals surface area contributed by atoms with E-state index in [1.807, 2.05) is 4.72 Å². The molecule has 12 heteroatoms. The van der Waals surface area contributed by atoms with Crippen molar-refractivity contribution in [1.29, 1.82) is 0 Å². The zero-order valence-electron chi connectivity index (χ0n) is 13.3. The summed E-state index contributed by atoms with van der Waals surface area (Å²) in [4.78, 5) is 15.8. The number of amides is 1. The van der Waals surface area contributed by atoms with E-state index in [4.69, 9.17) is 11.6 Å². The Labute approximate surface area is 156 Å². The SMILES string of the molecule is O=C(Nc1ccc(F)c(Cl)c1)c1ccnc(NS(=O)(=O)CCC(F)(F)F)c1. The molecule has 0 aliphatic heterocycles. The van der Waals surface area contributed by atoms with E-state index in [2.05, 4.69) is 10.3 Å². The van der Waals surface area contributed by atoms with Crippen molar-refractivity contribution in [3.05, 3.63) is 52.9 Å². The molecule has 1 heterocycles. The minimum absolute atomic E-state index is 0.0287. The Morgan fingerprint density at radius 2 is 1.89 bits per heavy atom. The van der Waals surface area contributed by atoms with E-state index in [9.17, 15) is 30.8 Å². The smallest absolute Gasteiger partial charge is 0.322 e. The molecule has 0 radical (unpaired) electrons. The number of nitrogens with zero attached hydrogens (tertiary/aromatic N) is 1. The number of alkyl halides is 3. The third kappa shape index (κ3) is 6.68. The van der Waals surface area contributed by atoms with Crippen LogP contribution in [0.5, 0.6) is 0 Å². The number of halogens is 5. The van der Waals surface area contributed by atoms with Crippen molar-refractivity contribution in [3.63, 3.8) is 0 Å². The van der Waals surface area contributed by atoms with Crippen LogP contribution in [0, 0.1) is 5.82 Å². The molecule has 0 unspecified atom stereocenters. The Balaban J connectivity index is 2.09. The van der Waals surface area contributed by atoms with Crippen molar-refractivity contribution < 1.29 is 30.8 Å². The van der Waals surface area contributed by atoms with Crippen molar-refractivity contribution in [2.75, 3.05) is 15.8 Å². The summed E-state index contributed by atoms with van der Waals surface area (Å²) in [6.45, 7) is 0. The monoisotopic (exact) mass is 425 g/mol. The van der Waals surface area contributed by atoms with Gasteiger partial charge in [0, 0.05) is 17.4 Å². The molecule has 2 rings (SSSR count). The van der Waals surface area contributed by atoms with Crippen molar-refractivity contribution >= 4 is 39.0 Å². The summed E-state index contributed by atoms with van der Waals surface area (Å²) in [6, 6.07) is 5.79. The molecule has 0 saturated heterocycles. The summed E-state index contributed by atoms with van der Waals surface area (Å²) in [5.74, 6) is -2.85. The van der Waals surface area contributed by atoms with E-state index in [1.165, 1.54) is 18.2 Å². The van der Waals surface area contributed by atoms with Gasteiger partial charge in [0.05, 0.1) is 17.2 Å². The number of hydrogen-bond acceptors (Lipinski definition) is 4. The predicted molar refractivity (Wildman–Crippen MR) is 91.7 cm³/mol. The van der Waals surface area contributed by atoms with E-state index in [0.29, 0.717) is 0 Å². The zero-order valence-corrected chi connectivity index (χ0v) is 14.9. The number of anilines is 2. The van der Waals surface area contributed by atoms with Crippen LogP contribution in [-0.4, -0.2) is 31.2 Å². The molecule has 1 amide bonds. The van der Waals surface area contributed by atoms with Gasteiger partial charge in [-0.1, -0.05) is 11.6 Å². The molecule has 0 fully saturated rings. The molecule has 0 aliphatic rings. The second-order valence-corrected chi connectivity index (χ2v) is 7.55. The van der Waals surface area contributed by atoms with E-state index in [-0.39, 0.29) is 22.1 Å². The number of hydrogen-bond donors (Lipinski definition) is 2. The number of nitrogens with one attached hydrogen (secondary N) is 2. The Hall–Kier alpha value is -2.40. The van der Waals surface area contributed by atoms with E-state index in [0.717, 1.165) is 18.3 Å². The highest BCUT2D eigenvalue weighted by Crippen LogP contribution is 2.22. The molecule has 2 aromatic rings. The number of benzene rings is 1. The van der Waals surface area contributed by atoms with Crippen LogP contribution in [0.15, 0.2) is 36.5 Å². The molecular formula is C15H12ClF4N3O3S. The van der Waals surface area contributed by atoms with Crippen LogP contribution in [-0.2, 0) is 10.0 Å². The number of carbonyl (C=O) groups excluding carboxylic acids is 1. The summed E-state index contributed by atoms with van der Waals surface area (Å²) in [5.41, 5.74) is 0.162. The van der Waals surface area contributed by atoms with Gasteiger partial charge in [-0.3, -0.25) is 9.52 Å². The Bertz CT molecular complexity index is 952. The molecular weight excluding hydrogens is 414 g/mol. The molecule has 146 valence electrons. The van der Waals surface area contributed by atoms with Crippen LogP contribution in [0.3, 0.4) is 0 Å². The van der Waals surface area contributed by atoms with Gasteiger partial charge >= 0.3 is 6.18 Å². The molecule has 0 aliphatic carbocycles. The second kappa shape index (κ2) is 8.09. The highest BCUT2D eigenvalue weighted by atomic mass is 35.5. The van der Waals surface area contributed by atoms with Gasteiger partial charge in [0.1, 0.15) is 11.6 Å². The lowest BCUT2D eigenvalue weighted by Gasteiger charge is -2.10. The fourth-order valence-electron chi connectivity index (χ4n) is 1.87. The lowest BCUT2D eigenvalue weighted by atomic mass is 10.2. The van der Waals surface area contributed by atoms with E-state index >= 15 is 0 Å². The quantitative estimate of drug-likeness (QED) is 0.689. The number of carbonyl (C=O) groups is 1. The number of aromatic nitrogens is 1. The largest absolute Gasteiger partial charge is 0.390 e. The van der Waals surface area contributed by atoms with E-state index < -0.39 is 40.1 Å². The van der Waals surface area contributed by atoms with Gasteiger partial charge in [0.2, 0.25) is 10.0 Å². The van der Waals surface area contributed by atoms with Crippen molar-refractivity contribution in [3.8, 4) is 0 Å². The van der Waals surface area contributed by atoms with Gasteiger partial charge in [-0.25, -0.2) is 17.8 Å². The first-order chi connectivity index (χ1) is 12.5. The van der Waals surface area contributed by atoms with Crippen molar-refractivity contribution in [1.82, 2.24) is 4.98 Å². The zero-order chi connectivity index (χ0) is 20.2. The fourth-order valence-corrected chi connectivity index (χ4v) is 3.08. The highest BCUT2D eigenvalue weighted by molar-refractivity contribution is 7.92. The lowest BCUT2D eigenvalue weighted by Crippen LogP contribution is -2.22. The summed E-state index contributed by atoms with van der Waals surface area (Å²) in [6.07, 6.45) is -5.04. The standard InChI is InChI=1S/C15H12ClF4N3O3S/c16-11-8-10(1-2-12(11)17)22-14(24)9-3-5-21-13(7-9)23-27(25,26)6-4-15(18,19)20/h1-3,5,7-8H,4,6H2,(H,21,23)(H,22,24). The molecule has 2 N–H and O–H groups in total. The Morgan fingerprint density at radius 3 is 2.52 bits per heavy atom.